The molecule has 1 aliphatic carbocycles. The topological polar surface area (TPSA) is 46.5 Å². The van der Waals surface area contributed by atoms with E-state index in [4.69, 9.17) is 4.74 Å². The fourth-order valence-electron chi connectivity index (χ4n) is 2.79. The van der Waals surface area contributed by atoms with Crippen LogP contribution in [0.1, 0.15) is 37.7 Å². The van der Waals surface area contributed by atoms with Gasteiger partial charge in [0, 0.05) is 5.56 Å². The largest absolute Gasteiger partial charge is 0.494 e. The van der Waals surface area contributed by atoms with Gasteiger partial charge in [0.1, 0.15) is 0 Å². The van der Waals surface area contributed by atoms with Gasteiger partial charge in [-0.25, -0.2) is 4.39 Å². The zero-order chi connectivity index (χ0) is 13.2. The fourth-order valence-corrected chi connectivity index (χ4v) is 2.79. The number of ether oxygens (including phenoxy) is 1. The second-order valence-corrected chi connectivity index (χ2v) is 4.77. The summed E-state index contributed by atoms with van der Waals surface area (Å²) in [6.07, 6.45) is 3.64. The van der Waals surface area contributed by atoms with Crippen LogP contribution < -0.4 is 4.74 Å². The molecular formula is C14H17FO3. The lowest BCUT2D eigenvalue weighted by Crippen LogP contribution is -2.38. The summed E-state index contributed by atoms with van der Waals surface area (Å²) >= 11 is 0. The molecule has 3 nitrogen and oxygen atoms in total. The van der Waals surface area contributed by atoms with Crippen molar-refractivity contribution in [2.75, 3.05) is 7.11 Å². The fraction of sp³-hybridized carbons (Fsp3) is 0.500. The van der Waals surface area contributed by atoms with E-state index in [1.165, 1.54) is 13.2 Å². The highest BCUT2D eigenvalue weighted by molar-refractivity contribution is 5.81. The van der Waals surface area contributed by atoms with Gasteiger partial charge in [0.2, 0.25) is 0 Å². The number of hydrogen-bond donors (Lipinski definition) is 1. The number of carboxylic acid groups (broad SMARTS) is 1. The smallest absolute Gasteiger partial charge is 0.314 e. The van der Waals surface area contributed by atoms with Crippen molar-refractivity contribution in [1.82, 2.24) is 0 Å². The number of rotatable bonds is 3. The van der Waals surface area contributed by atoms with Gasteiger partial charge in [-0.3, -0.25) is 4.79 Å². The number of benzene rings is 1. The van der Waals surface area contributed by atoms with Crippen LogP contribution in [0.15, 0.2) is 18.2 Å². The van der Waals surface area contributed by atoms with Crippen LogP contribution >= 0.6 is 0 Å². The zero-order valence-corrected chi connectivity index (χ0v) is 10.4. The second-order valence-electron chi connectivity index (χ2n) is 4.77. The third kappa shape index (κ3) is 1.96. The predicted molar refractivity (Wildman–Crippen MR) is 65.4 cm³/mol. The summed E-state index contributed by atoms with van der Waals surface area (Å²) < 4.78 is 19.2. The van der Waals surface area contributed by atoms with Crippen LogP contribution in [0.25, 0.3) is 0 Å². The summed E-state index contributed by atoms with van der Waals surface area (Å²) in [5.41, 5.74) is -0.828. The molecule has 18 heavy (non-hydrogen) atoms. The summed E-state index contributed by atoms with van der Waals surface area (Å²) in [7, 11) is 1.39. The molecule has 2 rings (SSSR count). The van der Waals surface area contributed by atoms with Gasteiger partial charge in [0.15, 0.2) is 11.6 Å². The molecule has 0 heterocycles. The van der Waals surface area contributed by atoms with E-state index in [1.807, 2.05) is 0 Å². The lowest BCUT2D eigenvalue weighted by atomic mass is 9.69. The van der Waals surface area contributed by atoms with Crippen LogP contribution in [0.5, 0.6) is 5.75 Å². The Morgan fingerprint density at radius 3 is 2.56 bits per heavy atom. The Bertz CT molecular complexity index is 450. The van der Waals surface area contributed by atoms with Crippen molar-refractivity contribution < 1.29 is 19.0 Å². The number of hydrogen-bond acceptors (Lipinski definition) is 2. The van der Waals surface area contributed by atoms with E-state index in [0.29, 0.717) is 12.8 Å². The zero-order valence-electron chi connectivity index (χ0n) is 10.4. The summed E-state index contributed by atoms with van der Waals surface area (Å²) in [4.78, 5) is 11.6. The van der Waals surface area contributed by atoms with Crippen LogP contribution in [0.2, 0.25) is 0 Å². The molecule has 0 spiro atoms. The molecule has 0 atom stereocenters. The first-order chi connectivity index (χ1) is 8.62. The van der Waals surface area contributed by atoms with Crippen LogP contribution in [-0.2, 0) is 10.2 Å². The third-order valence-corrected chi connectivity index (χ3v) is 3.82. The van der Waals surface area contributed by atoms with E-state index < -0.39 is 17.2 Å². The van der Waals surface area contributed by atoms with Crippen molar-refractivity contribution in [3.05, 3.63) is 29.6 Å². The minimum atomic E-state index is -1.09. The maximum Gasteiger partial charge on any atom is 0.314 e. The van der Waals surface area contributed by atoms with Crippen molar-refractivity contribution in [1.29, 1.82) is 0 Å². The maximum atomic E-state index is 14.3. The van der Waals surface area contributed by atoms with E-state index in [9.17, 15) is 14.3 Å². The predicted octanol–water partition coefficient (Wildman–Crippen LogP) is 3.12. The van der Waals surface area contributed by atoms with Gasteiger partial charge in [-0.15, -0.1) is 0 Å². The SMILES string of the molecule is COc1cccc(C2(C(=O)O)CCCCC2)c1F. The summed E-state index contributed by atoms with van der Waals surface area (Å²) in [5.74, 6) is -1.36. The average Bonchev–Trinajstić information content (AvgIpc) is 2.39. The Labute approximate surface area is 106 Å². The van der Waals surface area contributed by atoms with E-state index in [2.05, 4.69) is 0 Å². The van der Waals surface area contributed by atoms with E-state index in [1.54, 1.807) is 12.1 Å². The summed E-state index contributed by atoms with van der Waals surface area (Å²) in [6.45, 7) is 0. The molecule has 0 aromatic heterocycles. The first-order valence-electron chi connectivity index (χ1n) is 6.18. The minimum Gasteiger partial charge on any atom is -0.494 e. The second kappa shape index (κ2) is 4.96. The minimum absolute atomic E-state index is 0.110. The van der Waals surface area contributed by atoms with Gasteiger partial charge in [0.25, 0.3) is 0 Å². The Hall–Kier alpha value is -1.58. The molecule has 1 saturated carbocycles. The molecule has 0 amide bonds. The number of aliphatic carboxylic acids is 1. The Morgan fingerprint density at radius 2 is 2.00 bits per heavy atom. The van der Waals surface area contributed by atoms with Gasteiger partial charge in [-0.2, -0.15) is 0 Å². The Balaban J connectivity index is 2.52. The number of carboxylic acids is 1. The van der Waals surface area contributed by atoms with E-state index >= 15 is 0 Å². The highest BCUT2D eigenvalue weighted by Gasteiger charge is 2.43. The normalized spacial score (nSPS) is 18.3. The molecule has 1 fully saturated rings. The van der Waals surface area contributed by atoms with Crippen LogP contribution in [0.3, 0.4) is 0 Å². The van der Waals surface area contributed by atoms with E-state index in [0.717, 1.165) is 19.3 Å². The molecule has 1 N–H and O–H groups in total. The van der Waals surface area contributed by atoms with Crippen molar-refractivity contribution in [2.45, 2.75) is 37.5 Å². The quantitative estimate of drug-likeness (QED) is 0.899. The molecule has 0 radical (unpaired) electrons. The molecule has 1 aromatic carbocycles. The van der Waals surface area contributed by atoms with Crippen LogP contribution in [-0.4, -0.2) is 18.2 Å². The molecule has 0 unspecified atom stereocenters. The maximum absolute atomic E-state index is 14.3. The van der Waals surface area contributed by atoms with Gasteiger partial charge >= 0.3 is 5.97 Å². The average molecular weight is 252 g/mol. The van der Waals surface area contributed by atoms with Gasteiger partial charge in [0.05, 0.1) is 12.5 Å². The molecule has 0 saturated heterocycles. The van der Waals surface area contributed by atoms with Crippen molar-refractivity contribution in [2.24, 2.45) is 0 Å². The van der Waals surface area contributed by atoms with Crippen LogP contribution in [0.4, 0.5) is 4.39 Å². The first-order valence-corrected chi connectivity index (χ1v) is 6.18. The molecular weight excluding hydrogens is 235 g/mol. The van der Waals surface area contributed by atoms with Gasteiger partial charge < -0.3 is 9.84 Å². The highest BCUT2D eigenvalue weighted by atomic mass is 19.1. The molecule has 0 aliphatic heterocycles. The van der Waals surface area contributed by atoms with Gasteiger partial charge in [-0.1, -0.05) is 31.4 Å². The first kappa shape index (κ1) is 12.9. The van der Waals surface area contributed by atoms with E-state index in [-0.39, 0.29) is 11.3 Å². The summed E-state index contributed by atoms with van der Waals surface area (Å²) in [5, 5.41) is 9.52. The lowest BCUT2D eigenvalue weighted by Gasteiger charge is -2.34. The van der Waals surface area contributed by atoms with Crippen molar-refractivity contribution >= 4 is 5.97 Å². The molecule has 0 bridgehead atoms. The van der Waals surface area contributed by atoms with Crippen molar-refractivity contribution in [3.8, 4) is 5.75 Å². The number of carbonyl (C=O) groups is 1. The Kier molecular flexibility index (Phi) is 3.55. The number of halogens is 1. The molecule has 1 aromatic rings. The van der Waals surface area contributed by atoms with Gasteiger partial charge in [-0.05, 0) is 18.9 Å². The lowest BCUT2D eigenvalue weighted by molar-refractivity contribution is -0.145. The third-order valence-electron chi connectivity index (χ3n) is 3.82. The highest BCUT2D eigenvalue weighted by Crippen LogP contribution is 2.42. The monoisotopic (exact) mass is 252 g/mol. The molecule has 98 valence electrons. The van der Waals surface area contributed by atoms with Crippen LogP contribution in [0, 0.1) is 5.82 Å². The number of methoxy groups -OCH3 is 1. The Morgan fingerprint density at radius 1 is 1.33 bits per heavy atom. The molecule has 4 heteroatoms. The van der Waals surface area contributed by atoms with Crippen molar-refractivity contribution in [3.63, 3.8) is 0 Å². The standard InChI is InChI=1S/C14H17FO3/c1-18-11-7-5-6-10(12(11)15)14(13(16)17)8-3-2-4-9-14/h5-7H,2-4,8-9H2,1H3,(H,16,17). The summed E-state index contributed by atoms with van der Waals surface area (Å²) in [6, 6.07) is 4.73. The molecule has 1 aliphatic rings.